The Morgan fingerprint density at radius 3 is 2.47 bits per heavy atom. The maximum atomic E-state index is 11.8. The van der Waals surface area contributed by atoms with E-state index in [0.717, 1.165) is 12.0 Å². The Morgan fingerprint density at radius 2 is 2.00 bits per heavy atom. The molecule has 3 nitrogen and oxygen atoms in total. The van der Waals surface area contributed by atoms with Gasteiger partial charge >= 0.3 is 5.97 Å². The predicted octanol–water partition coefficient (Wildman–Crippen LogP) is 2.58. The first-order valence-corrected chi connectivity index (χ1v) is 5.97. The van der Waals surface area contributed by atoms with Gasteiger partial charge in [0.15, 0.2) is 0 Å². The minimum Gasteiger partial charge on any atom is -0.461 e. The monoisotopic (exact) mass is 234 g/mol. The standard InChI is InChI=1S/C14H18O3/c1-3-14(8-16-9-14)10-17-13(15)12-6-4-11(2)5-7-12/h4-7H,3,8-10H2,1-2H3. The van der Waals surface area contributed by atoms with Gasteiger partial charge in [-0.2, -0.15) is 0 Å². The van der Waals surface area contributed by atoms with E-state index in [0.29, 0.717) is 25.4 Å². The molecule has 0 aliphatic carbocycles. The lowest BCUT2D eigenvalue weighted by Crippen LogP contribution is -2.46. The highest BCUT2D eigenvalue weighted by Gasteiger charge is 2.38. The third kappa shape index (κ3) is 2.67. The van der Waals surface area contributed by atoms with E-state index in [1.807, 2.05) is 19.1 Å². The van der Waals surface area contributed by atoms with Gasteiger partial charge in [-0.25, -0.2) is 4.79 Å². The molecular formula is C14H18O3. The first-order chi connectivity index (χ1) is 8.15. The quantitative estimate of drug-likeness (QED) is 0.751. The fraction of sp³-hybridized carbons (Fsp3) is 0.500. The molecule has 0 unspecified atom stereocenters. The molecule has 92 valence electrons. The van der Waals surface area contributed by atoms with Gasteiger partial charge in [0.1, 0.15) is 6.61 Å². The normalized spacial score (nSPS) is 17.3. The number of ether oxygens (including phenoxy) is 2. The number of benzene rings is 1. The predicted molar refractivity (Wildman–Crippen MR) is 65.0 cm³/mol. The van der Waals surface area contributed by atoms with Gasteiger partial charge in [0, 0.05) is 0 Å². The molecule has 0 spiro atoms. The van der Waals surface area contributed by atoms with E-state index in [9.17, 15) is 4.79 Å². The smallest absolute Gasteiger partial charge is 0.338 e. The molecule has 1 saturated heterocycles. The van der Waals surface area contributed by atoms with E-state index in [4.69, 9.17) is 9.47 Å². The Balaban J connectivity index is 1.91. The molecule has 1 aliphatic rings. The summed E-state index contributed by atoms with van der Waals surface area (Å²) in [6, 6.07) is 7.43. The molecule has 1 aromatic carbocycles. The molecule has 0 saturated carbocycles. The third-order valence-electron chi connectivity index (χ3n) is 3.36. The molecular weight excluding hydrogens is 216 g/mol. The van der Waals surface area contributed by atoms with Gasteiger partial charge in [0.05, 0.1) is 24.2 Å². The first kappa shape index (κ1) is 12.1. The van der Waals surface area contributed by atoms with Gasteiger partial charge in [0.25, 0.3) is 0 Å². The fourth-order valence-corrected chi connectivity index (χ4v) is 1.77. The number of aryl methyl sites for hydroxylation is 1. The van der Waals surface area contributed by atoms with Crippen LogP contribution < -0.4 is 0 Å². The molecule has 1 aromatic rings. The highest BCUT2D eigenvalue weighted by Crippen LogP contribution is 2.31. The molecule has 0 bridgehead atoms. The second kappa shape index (κ2) is 4.88. The Bertz CT molecular complexity index is 385. The number of esters is 1. The van der Waals surface area contributed by atoms with E-state index in [2.05, 4.69) is 6.92 Å². The van der Waals surface area contributed by atoms with Gasteiger partial charge in [-0.3, -0.25) is 0 Å². The number of hydrogen-bond acceptors (Lipinski definition) is 3. The zero-order valence-corrected chi connectivity index (χ0v) is 10.4. The lowest BCUT2D eigenvalue weighted by atomic mass is 9.84. The van der Waals surface area contributed by atoms with Gasteiger partial charge in [-0.1, -0.05) is 24.6 Å². The summed E-state index contributed by atoms with van der Waals surface area (Å²) < 4.78 is 10.5. The van der Waals surface area contributed by atoms with Crippen LogP contribution in [0.5, 0.6) is 0 Å². The average molecular weight is 234 g/mol. The highest BCUT2D eigenvalue weighted by atomic mass is 16.5. The fourth-order valence-electron chi connectivity index (χ4n) is 1.77. The minimum absolute atomic E-state index is 0.0559. The number of carbonyl (C=O) groups is 1. The van der Waals surface area contributed by atoms with E-state index in [1.165, 1.54) is 0 Å². The van der Waals surface area contributed by atoms with Crippen molar-refractivity contribution < 1.29 is 14.3 Å². The largest absolute Gasteiger partial charge is 0.461 e. The van der Waals surface area contributed by atoms with Crippen molar-refractivity contribution in [2.45, 2.75) is 20.3 Å². The van der Waals surface area contributed by atoms with Gasteiger partial charge in [-0.15, -0.1) is 0 Å². The third-order valence-corrected chi connectivity index (χ3v) is 3.36. The molecule has 17 heavy (non-hydrogen) atoms. The van der Waals surface area contributed by atoms with Crippen molar-refractivity contribution >= 4 is 5.97 Å². The van der Waals surface area contributed by atoms with Crippen LogP contribution in [0.4, 0.5) is 0 Å². The van der Waals surface area contributed by atoms with Crippen molar-refractivity contribution in [3.8, 4) is 0 Å². The summed E-state index contributed by atoms with van der Waals surface area (Å²) in [5.41, 5.74) is 1.81. The molecule has 3 heteroatoms. The summed E-state index contributed by atoms with van der Waals surface area (Å²) >= 11 is 0. The molecule has 1 aliphatic heterocycles. The zero-order valence-electron chi connectivity index (χ0n) is 10.4. The van der Waals surface area contributed by atoms with Crippen LogP contribution in [0.25, 0.3) is 0 Å². The Kier molecular flexibility index (Phi) is 3.48. The van der Waals surface area contributed by atoms with Crippen LogP contribution in [0, 0.1) is 12.3 Å². The SMILES string of the molecule is CCC1(COC(=O)c2ccc(C)cc2)COC1. The topological polar surface area (TPSA) is 35.5 Å². The van der Waals surface area contributed by atoms with Crippen LogP contribution in [0.2, 0.25) is 0 Å². The van der Waals surface area contributed by atoms with Crippen LogP contribution in [0.15, 0.2) is 24.3 Å². The maximum absolute atomic E-state index is 11.8. The van der Waals surface area contributed by atoms with E-state index < -0.39 is 0 Å². The highest BCUT2D eigenvalue weighted by molar-refractivity contribution is 5.89. The summed E-state index contributed by atoms with van der Waals surface area (Å²) in [6.07, 6.45) is 0.980. The van der Waals surface area contributed by atoms with Crippen LogP contribution in [0.1, 0.15) is 29.3 Å². The summed E-state index contributed by atoms with van der Waals surface area (Å²) in [6.45, 7) is 5.95. The molecule has 0 N–H and O–H groups in total. The molecule has 0 radical (unpaired) electrons. The Labute approximate surface area is 102 Å². The second-order valence-corrected chi connectivity index (χ2v) is 4.79. The van der Waals surface area contributed by atoms with Gasteiger partial charge in [0.2, 0.25) is 0 Å². The van der Waals surface area contributed by atoms with Crippen molar-refractivity contribution in [3.05, 3.63) is 35.4 Å². The Morgan fingerprint density at radius 1 is 1.35 bits per heavy atom. The van der Waals surface area contributed by atoms with Crippen molar-refractivity contribution in [3.63, 3.8) is 0 Å². The number of carbonyl (C=O) groups excluding carboxylic acids is 1. The van der Waals surface area contributed by atoms with Crippen molar-refractivity contribution in [1.29, 1.82) is 0 Å². The first-order valence-electron chi connectivity index (χ1n) is 5.97. The molecule has 1 heterocycles. The molecule has 0 atom stereocenters. The Hall–Kier alpha value is -1.35. The van der Waals surface area contributed by atoms with E-state index in [1.54, 1.807) is 12.1 Å². The molecule has 1 fully saturated rings. The van der Waals surface area contributed by atoms with Crippen LogP contribution in [-0.4, -0.2) is 25.8 Å². The van der Waals surface area contributed by atoms with Crippen molar-refractivity contribution in [1.82, 2.24) is 0 Å². The number of rotatable bonds is 4. The summed E-state index contributed by atoms with van der Waals surface area (Å²) in [5, 5.41) is 0. The van der Waals surface area contributed by atoms with E-state index >= 15 is 0 Å². The average Bonchev–Trinajstić information content (AvgIpc) is 2.29. The molecule has 0 aromatic heterocycles. The summed E-state index contributed by atoms with van der Waals surface area (Å²) in [7, 11) is 0. The van der Waals surface area contributed by atoms with E-state index in [-0.39, 0.29) is 11.4 Å². The lowest BCUT2D eigenvalue weighted by Gasteiger charge is -2.39. The zero-order chi connectivity index (χ0) is 12.3. The molecule has 0 amide bonds. The van der Waals surface area contributed by atoms with Crippen LogP contribution >= 0.6 is 0 Å². The maximum Gasteiger partial charge on any atom is 0.338 e. The van der Waals surface area contributed by atoms with Crippen molar-refractivity contribution in [2.24, 2.45) is 5.41 Å². The lowest BCUT2D eigenvalue weighted by molar-refractivity contribution is -0.140. The number of hydrogen-bond donors (Lipinski definition) is 0. The van der Waals surface area contributed by atoms with Crippen LogP contribution in [-0.2, 0) is 9.47 Å². The minimum atomic E-state index is -0.246. The second-order valence-electron chi connectivity index (χ2n) is 4.79. The van der Waals surface area contributed by atoms with Gasteiger partial charge in [-0.05, 0) is 25.5 Å². The molecule has 2 rings (SSSR count). The summed E-state index contributed by atoms with van der Waals surface area (Å²) in [5.74, 6) is -0.246. The van der Waals surface area contributed by atoms with Gasteiger partial charge < -0.3 is 9.47 Å². The summed E-state index contributed by atoms with van der Waals surface area (Å²) in [4.78, 5) is 11.8. The van der Waals surface area contributed by atoms with Crippen molar-refractivity contribution in [2.75, 3.05) is 19.8 Å². The van der Waals surface area contributed by atoms with Crippen LogP contribution in [0.3, 0.4) is 0 Å².